The van der Waals surface area contributed by atoms with Crippen molar-refractivity contribution in [3.63, 3.8) is 0 Å². The van der Waals surface area contributed by atoms with E-state index in [2.05, 4.69) is 67.3 Å². The normalized spacial score (nSPS) is 13.3. The van der Waals surface area contributed by atoms with Crippen molar-refractivity contribution in [1.29, 1.82) is 0 Å². The van der Waals surface area contributed by atoms with Crippen LogP contribution in [0.5, 0.6) is 0 Å². The fourth-order valence-corrected chi connectivity index (χ4v) is 3.85. The Morgan fingerprint density at radius 3 is 2.57 bits per heavy atom. The summed E-state index contributed by atoms with van der Waals surface area (Å²) in [5.41, 5.74) is 9.77. The Morgan fingerprint density at radius 2 is 1.81 bits per heavy atom. The molecule has 1 aliphatic heterocycles. The maximum absolute atomic E-state index is 2.51. The molecule has 0 saturated heterocycles. The monoisotopic (exact) mass is 277 g/mol. The summed E-state index contributed by atoms with van der Waals surface area (Å²) < 4.78 is 4.87. The highest BCUT2D eigenvalue weighted by Gasteiger charge is 2.31. The number of hydrogen-bond acceptors (Lipinski definition) is 0. The summed E-state index contributed by atoms with van der Waals surface area (Å²) in [6.45, 7) is 7.70. The quantitative estimate of drug-likeness (QED) is 0.601. The summed E-state index contributed by atoms with van der Waals surface area (Å²) in [6, 6.07) is 11.3. The number of aryl methyl sites for hydroxylation is 6. The zero-order valence-corrected chi connectivity index (χ0v) is 13.2. The molecule has 1 aliphatic rings. The number of rotatable bonds is 1. The van der Waals surface area contributed by atoms with Crippen molar-refractivity contribution in [2.24, 2.45) is 7.05 Å². The summed E-state index contributed by atoms with van der Waals surface area (Å²) in [5, 5.41) is 0. The van der Waals surface area contributed by atoms with Gasteiger partial charge in [-0.25, -0.2) is 9.13 Å². The van der Waals surface area contributed by atoms with Gasteiger partial charge in [-0.15, -0.1) is 0 Å². The van der Waals surface area contributed by atoms with E-state index in [1.807, 2.05) is 0 Å². The number of nitrogens with zero attached hydrogens (tertiary/aromatic N) is 2. The second-order valence-electron chi connectivity index (χ2n) is 6.33. The van der Waals surface area contributed by atoms with E-state index >= 15 is 0 Å². The second kappa shape index (κ2) is 4.20. The molecule has 2 nitrogen and oxygen atoms in total. The van der Waals surface area contributed by atoms with Crippen molar-refractivity contribution in [2.45, 2.75) is 33.7 Å². The van der Waals surface area contributed by atoms with Gasteiger partial charge in [0.1, 0.15) is 0 Å². The Bertz CT molecular complexity index is 884. The first kappa shape index (κ1) is 12.6. The van der Waals surface area contributed by atoms with Crippen molar-refractivity contribution in [3.8, 4) is 11.4 Å². The third-order valence-corrected chi connectivity index (χ3v) is 4.91. The van der Waals surface area contributed by atoms with Crippen LogP contribution in [0.3, 0.4) is 0 Å². The molecule has 21 heavy (non-hydrogen) atoms. The Kier molecular flexibility index (Phi) is 2.53. The van der Waals surface area contributed by atoms with Crippen molar-refractivity contribution < 1.29 is 4.57 Å². The van der Waals surface area contributed by atoms with Crippen molar-refractivity contribution in [1.82, 2.24) is 4.57 Å². The summed E-state index contributed by atoms with van der Waals surface area (Å²) >= 11 is 0. The van der Waals surface area contributed by atoms with Crippen molar-refractivity contribution in [2.75, 3.05) is 0 Å². The molecule has 4 rings (SSSR count). The SMILES string of the molecule is Cc1ccc(-c2n(C)c3ccc(C)c4c3[n+]2CC4)c(C)c1. The van der Waals surface area contributed by atoms with Gasteiger partial charge in [-0.1, -0.05) is 23.8 Å². The van der Waals surface area contributed by atoms with Gasteiger partial charge in [0.2, 0.25) is 0 Å². The van der Waals surface area contributed by atoms with Gasteiger partial charge >= 0.3 is 0 Å². The van der Waals surface area contributed by atoms with E-state index in [1.54, 1.807) is 0 Å². The minimum atomic E-state index is 1.10. The zero-order valence-electron chi connectivity index (χ0n) is 13.2. The summed E-state index contributed by atoms with van der Waals surface area (Å²) in [6.07, 6.45) is 1.16. The number of benzene rings is 2. The number of imidazole rings is 1. The molecular weight excluding hydrogens is 256 g/mol. The Morgan fingerprint density at radius 1 is 1.00 bits per heavy atom. The highest BCUT2D eigenvalue weighted by atomic mass is 15.2. The molecule has 0 N–H and O–H groups in total. The van der Waals surface area contributed by atoms with Crippen LogP contribution in [-0.2, 0) is 20.0 Å². The predicted molar refractivity (Wildman–Crippen MR) is 86.5 cm³/mol. The summed E-state index contributed by atoms with van der Waals surface area (Å²) in [7, 11) is 2.19. The molecule has 0 unspecified atom stereocenters. The molecule has 106 valence electrons. The maximum atomic E-state index is 2.51. The molecule has 0 radical (unpaired) electrons. The van der Waals surface area contributed by atoms with Crippen molar-refractivity contribution in [3.05, 3.63) is 52.6 Å². The van der Waals surface area contributed by atoms with Crippen molar-refractivity contribution >= 4 is 11.0 Å². The summed E-state index contributed by atoms with van der Waals surface area (Å²) in [4.78, 5) is 0. The Balaban J connectivity index is 2.10. The van der Waals surface area contributed by atoms with Gasteiger partial charge in [-0.3, -0.25) is 0 Å². The van der Waals surface area contributed by atoms with Crippen LogP contribution in [0.4, 0.5) is 0 Å². The van der Waals surface area contributed by atoms with E-state index in [0.29, 0.717) is 0 Å². The zero-order chi connectivity index (χ0) is 14.7. The lowest BCUT2D eigenvalue weighted by Crippen LogP contribution is -2.33. The molecule has 2 heterocycles. The fourth-order valence-electron chi connectivity index (χ4n) is 3.85. The summed E-state index contributed by atoms with van der Waals surface area (Å²) in [5.74, 6) is 1.34. The van der Waals surface area contributed by atoms with E-state index in [9.17, 15) is 0 Å². The molecule has 0 fully saturated rings. The molecule has 0 aliphatic carbocycles. The molecule has 0 bridgehead atoms. The van der Waals surface area contributed by atoms with E-state index < -0.39 is 0 Å². The lowest BCUT2D eigenvalue weighted by molar-refractivity contribution is -0.653. The molecule has 2 heteroatoms. The predicted octanol–water partition coefficient (Wildman–Crippen LogP) is 3.61. The molecule has 2 aromatic carbocycles. The average molecular weight is 277 g/mol. The lowest BCUT2D eigenvalue weighted by Gasteiger charge is -2.05. The van der Waals surface area contributed by atoms with E-state index in [0.717, 1.165) is 13.0 Å². The van der Waals surface area contributed by atoms with Crippen LogP contribution in [0.25, 0.3) is 22.4 Å². The van der Waals surface area contributed by atoms with Gasteiger partial charge in [0.15, 0.2) is 11.0 Å². The highest BCUT2D eigenvalue weighted by Crippen LogP contribution is 2.31. The first-order valence-electron chi connectivity index (χ1n) is 7.66. The largest absolute Gasteiger partial charge is 0.289 e. The van der Waals surface area contributed by atoms with Crippen LogP contribution in [-0.4, -0.2) is 4.57 Å². The Labute approximate surface area is 125 Å². The van der Waals surface area contributed by atoms with Gasteiger partial charge in [0.05, 0.1) is 19.2 Å². The van der Waals surface area contributed by atoms with Crippen LogP contribution in [0.15, 0.2) is 30.3 Å². The van der Waals surface area contributed by atoms with Gasteiger partial charge in [0.25, 0.3) is 5.82 Å². The first-order chi connectivity index (χ1) is 10.1. The minimum Gasteiger partial charge on any atom is -0.226 e. The maximum Gasteiger partial charge on any atom is 0.289 e. The van der Waals surface area contributed by atoms with Crippen LogP contribution in [0.1, 0.15) is 22.3 Å². The number of aromatic nitrogens is 2. The third kappa shape index (κ3) is 1.62. The second-order valence-corrected chi connectivity index (χ2v) is 6.33. The highest BCUT2D eigenvalue weighted by molar-refractivity contribution is 5.81. The topological polar surface area (TPSA) is 8.81 Å². The fraction of sp³-hybridized carbons (Fsp3) is 0.316. The van der Waals surface area contributed by atoms with E-state index in [-0.39, 0.29) is 0 Å². The lowest BCUT2D eigenvalue weighted by atomic mass is 10.0. The van der Waals surface area contributed by atoms with Crippen LogP contribution >= 0.6 is 0 Å². The van der Waals surface area contributed by atoms with Crippen LogP contribution in [0, 0.1) is 20.8 Å². The Hall–Kier alpha value is -2.09. The molecule has 0 spiro atoms. The molecule has 0 atom stereocenters. The van der Waals surface area contributed by atoms with E-state index in [4.69, 9.17) is 0 Å². The van der Waals surface area contributed by atoms with Crippen LogP contribution in [0.2, 0.25) is 0 Å². The standard InChI is InChI=1S/C19H21N2/c1-12-5-7-16(14(3)11-12)19-20(4)17-8-6-13(2)15-9-10-21(19)18(15)17/h5-8,11H,9-10H2,1-4H3/q+1. The molecule has 0 amide bonds. The first-order valence-corrected chi connectivity index (χ1v) is 7.66. The van der Waals surface area contributed by atoms with E-state index in [1.165, 1.54) is 44.7 Å². The van der Waals surface area contributed by atoms with Gasteiger partial charge in [0, 0.05) is 12.0 Å². The van der Waals surface area contributed by atoms with Gasteiger partial charge in [-0.05, 0) is 44.0 Å². The van der Waals surface area contributed by atoms with Gasteiger partial charge < -0.3 is 0 Å². The number of hydrogen-bond donors (Lipinski definition) is 0. The van der Waals surface area contributed by atoms with Crippen LogP contribution < -0.4 is 4.57 Å². The average Bonchev–Trinajstić information content (AvgIpc) is 2.97. The molecule has 1 aromatic heterocycles. The smallest absolute Gasteiger partial charge is 0.226 e. The third-order valence-electron chi connectivity index (χ3n) is 4.91. The molecular formula is C19H21N2+. The minimum absolute atomic E-state index is 1.10. The molecule has 0 saturated carbocycles. The molecule has 3 aromatic rings. The van der Waals surface area contributed by atoms with Gasteiger partial charge in [-0.2, -0.15) is 0 Å².